The van der Waals surface area contributed by atoms with Gasteiger partial charge in [0.05, 0.1) is 6.42 Å². The third-order valence-corrected chi connectivity index (χ3v) is 1.97. The molecule has 0 saturated heterocycles. The van der Waals surface area contributed by atoms with Crippen LogP contribution in [0.4, 0.5) is 8.78 Å². The highest BCUT2D eigenvalue weighted by Gasteiger charge is 2.14. The highest BCUT2D eigenvalue weighted by molar-refractivity contribution is 5.67. The van der Waals surface area contributed by atoms with Gasteiger partial charge in [0.2, 0.25) is 0 Å². The second-order valence-corrected chi connectivity index (χ2v) is 3.16. The number of hydrogen-bond donors (Lipinski definition) is 1. The predicted octanol–water partition coefficient (Wildman–Crippen LogP) is 2.54. The second kappa shape index (κ2) is 4.17. The molecule has 0 aliphatic rings. The van der Waals surface area contributed by atoms with Crippen LogP contribution >= 0.6 is 0 Å². The number of carboxylic acid groups (broad SMARTS) is 1. The molecule has 0 saturated carbocycles. The fourth-order valence-corrected chi connectivity index (χ4v) is 1.26. The standard InChI is InChI=1S/C10H10F2O2/c1-6(4-10(13)14)8-5-7(11)2-3-9(8)12/h2-3,5-6H,4H2,1H3,(H,13,14)/t6-/m0/s1. The number of rotatable bonds is 3. The first-order valence-electron chi connectivity index (χ1n) is 4.17. The first kappa shape index (κ1) is 10.6. The Labute approximate surface area is 80.2 Å². The van der Waals surface area contributed by atoms with Crippen LogP contribution in [0.25, 0.3) is 0 Å². The fourth-order valence-electron chi connectivity index (χ4n) is 1.26. The van der Waals surface area contributed by atoms with Crippen LogP contribution in [0.1, 0.15) is 24.8 Å². The zero-order valence-electron chi connectivity index (χ0n) is 7.63. The molecule has 0 bridgehead atoms. The lowest BCUT2D eigenvalue weighted by Crippen LogP contribution is -2.05. The van der Waals surface area contributed by atoms with E-state index in [-0.39, 0.29) is 12.0 Å². The summed E-state index contributed by atoms with van der Waals surface area (Å²) < 4.78 is 25.8. The molecule has 2 nitrogen and oxygen atoms in total. The van der Waals surface area contributed by atoms with Crippen LogP contribution in [-0.2, 0) is 4.79 Å². The van der Waals surface area contributed by atoms with Crippen molar-refractivity contribution in [2.75, 3.05) is 0 Å². The molecule has 0 unspecified atom stereocenters. The van der Waals surface area contributed by atoms with Crippen molar-refractivity contribution in [3.8, 4) is 0 Å². The van der Waals surface area contributed by atoms with Crippen LogP contribution in [0.2, 0.25) is 0 Å². The molecule has 0 heterocycles. The van der Waals surface area contributed by atoms with Gasteiger partial charge in [-0.2, -0.15) is 0 Å². The predicted molar refractivity (Wildman–Crippen MR) is 47.0 cm³/mol. The minimum Gasteiger partial charge on any atom is -0.481 e. The molecule has 0 aliphatic carbocycles. The van der Waals surface area contributed by atoms with Crippen LogP contribution < -0.4 is 0 Å². The van der Waals surface area contributed by atoms with Gasteiger partial charge in [0.25, 0.3) is 0 Å². The van der Waals surface area contributed by atoms with Crippen LogP contribution in [0.15, 0.2) is 18.2 Å². The Morgan fingerprint density at radius 2 is 2.14 bits per heavy atom. The van der Waals surface area contributed by atoms with E-state index in [1.165, 1.54) is 0 Å². The van der Waals surface area contributed by atoms with E-state index in [0.717, 1.165) is 18.2 Å². The van der Waals surface area contributed by atoms with Gasteiger partial charge in [-0.25, -0.2) is 8.78 Å². The zero-order chi connectivity index (χ0) is 10.7. The van der Waals surface area contributed by atoms with Gasteiger partial charge in [-0.1, -0.05) is 6.92 Å². The number of aliphatic carboxylic acids is 1. The maximum absolute atomic E-state index is 13.1. The molecule has 0 aliphatic heterocycles. The van der Waals surface area contributed by atoms with Crippen molar-refractivity contribution in [2.24, 2.45) is 0 Å². The molecule has 1 N–H and O–H groups in total. The molecule has 14 heavy (non-hydrogen) atoms. The number of carbonyl (C=O) groups is 1. The number of halogens is 2. The van der Waals surface area contributed by atoms with E-state index < -0.39 is 23.5 Å². The summed E-state index contributed by atoms with van der Waals surface area (Å²) in [5.74, 6) is -2.68. The molecule has 76 valence electrons. The summed E-state index contributed by atoms with van der Waals surface area (Å²) in [4.78, 5) is 10.4. The van der Waals surface area contributed by atoms with E-state index in [9.17, 15) is 13.6 Å². The van der Waals surface area contributed by atoms with Crippen LogP contribution in [-0.4, -0.2) is 11.1 Å². The van der Waals surface area contributed by atoms with Crippen LogP contribution in [0.5, 0.6) is 0 Å². The molecular formula is C10H10F2O2. The smallest absolute Gasteiger partial charge is 0.303 e. The molecule has 1 aromatic rings. The molecule has 0 spiro atoms. The quantitative estimate of drug-likeness (QED) is 0.814. The summed E-state index contributed by atoms with van der Waals surface area (Å²) in [7, 11) is 0. The molecule has 0 amide bonds. The van der Waals surface area contributed by atoms with E-state index >= 15 is 0 Å². The molecule has 4 heteroatoms. The summed E-state index contributed by atoms with van der Waals surface area (Å²) in [5, 5.41) is 8.49. The summed E-state index contributed by atoms with van der Waals surface area (Å²) >= 11 is 0. The zero-order valence-corrected chi connectivity index (χ0v) is 7.63. The van der Waals surface area contributed by atoms with Gasteiger partial charge in [-0.15, -0.1) is 0 Å². The first-order valence-corrected chi connectivity index (χ1v) is 4.17. The van der Waals surface area contributed by atoms with Gasteiger partial charge in [-0.05, 0) is 29.7 Å². The van der Waals surface area contributed by atoms with E-state index in [2.05, 4.69) is 0 Å². The van der Waals surface area contributed by atoms with Crippen LogP contribution in [0.3, 0.4) is 0 Å². The van der Waals surface area contributed by atoms with Gasteiger partial charge >= 0.3 is 5.97 Å². The minimum atomic E-state index is -1.03. The largest absolute Gasteiger partial charge is 0.481 e. The van der Waals surface area contributed by atoms with Crippen molar-refractivity contribution in [3.63, 3.8) is 0 Å². The molecule has 1 atom stereocenters. The van der Waals surface area contributed by atoms with E-state index in [1.807, 2.05) is 0 Å². The SMILES string of the molecule is C[C@@H](CC(=O)O)c1cc(F)ccc1F. The Bertz CT molecular complexity index is 350. The Morgan fingerprint density at radius 3 is 2.71 bits per heavy atom. The third-order valence-electron chi connectivity index (χ3n) is 1.97. The van der Waals surface area contributed by atoms with Crippen molar-refractivity contribution < 1.29 is 18.7 Å². The number of benzene rings is 1. The Kier molecular flexibility index (Phi) is 3.17. The molecule has 0 fully saturated rings. The lowest BCUT2D eigenvalue weighted by Gasteiger charge is -2.09. The third kappa shape index (κ3) is 2.52. The number of carboxylic acids is 1. The Hall–Kier alpha value is -1.45. The Balaban J connectivity index is 2.93. The van der Waals surface area contributed by atoms with Crippen molar-refractivity contribution >= 4 is 5.97 Å². The van der Waals surface area contributed by atoms with E-state index in [0.29, 0.717) is 0 Å². The van der Waals surface area contributed by atoms with Gasteiger partial charge in [0.15, 0.2) is 0 Å². The second-order valence-electron chi connectivity index (χ2n) is 3.16. The molecule has 0 radical (unpaired) electrons. The average Bonchev–Trinajstić information content (AvgIpc) is 2.08. The summed E-state index contributed by atoms with van der Waals surface area (Å²) in [6, 6.07) is 3.04. The maximum Gasteiger partial charge on any atom is 0.303 e. The van der Waals surface area contributed by atoms with E-state index in [4.69, 9.17) is 5.11 Å². The van der Waals surface area contributed by atoms with E-state index in [1.54, 1.807) is 6.92 Å². The monoisotopic (exact) mass is 200 g/mol. The van der Waals surface area contributed by atoms with Gasteiger partial charge < -0.3 is 5.11 Å². The van der Waals surface area contributed by atoms with Crippen molar-refractivity contribution in [2.45, 2.75) is 19.3 Å². The van der Waals surface area contributed by atoms with Gasteiger partial charge in [0.1, 0.15) is 11.6 Å². The summed E-state index contributed by atoms with van der Waals surface area (Å²) in [6.07, 6.45) is -0.208. The average molecular weight is 200 g/mol. The highest BCUT2D eigenvalue weighted by atomic mass is 19.1. The van der Waals surface area contributed by atoms with Crippen molar-refractivity contribution in [1.29, 1.82) is 0 Å². The van der Waals surface area contributed by atoms with Crippen molar-refractivity contribution in [3.05, 3.63) is 35.4 Å². The lowest BCUT2D eigenvalue weighted by molar-refractivity contribution is -0.137. The molecule has 1 rings (SSSR count). The van der Waals surface area contributed by atoms with Gasteiger partial charge in [0, 0.05) is 0 Å². The Morgan fingerprint density at radius 1 is 1.50 bits per heavy atom. The summed E-state index contributed by atoms with van der Waals surface area (Å²) in [6.45, 7) is 1.55. The first-order chi connectivity index (χ1) is 6.50. The van der Waals surface area contributed by atoms with Gasteiger partial charge in [-0.3, -0.25) is 4.79 Å². The fraction of sp³-hybridized carbons (Fsp3) is 0.300. The minimum absolute atomic E-state index is 0.104. The number of hydrogen-bond acceptors (Lipinski definition) is 1. The van der Waals surface area contributed by atoms with Crippen LogP contribution in [0, 0.1) is 11.6 Å². The normalized spacial score (nSPS) is 12.5. The topological polar surface area (TPSA) is 37.3 Å². The summed E-state index contributed by atoms with van der Waals surface area (Å²) in [5.41, 5.74) is 0.104. The highest BCUT2D eigenvalue weighted by Crippen LogP contribution is 2.22. The maximum atomic E-state index is 13.1. The molecule has 0 aromatic heterocycles. The molecule has 1 aromatic carbocycles. The molecular weight excluding hydrogens is 190 g/mol. The lowest BCUT2D eigenvalue weighted by atomic mass is 9.97. The van der Waals surface area contributed by atoms with Crippen molar-refractivity contribution in [1.82, 2.24) is 0 Å².